The number of aliphatic hydroxyl groups excluding tert-OH is 1. The predicted octanol–water partition coefficient (Wildman–Crippen LogP) is 5.05. The van der Waals surface area contributed by atoms with E-state index >= 15 is 0 Å². The number of nitrogens with zero attached hydrogens (tertiary/aromatic N) is 3. The molecular formula is C24H35N3O4S. The molecule has 0 unspecified atom stereocenters. The number of aromatic nitrogens is 2. The van der Waals surface area contributed by atoms with Crippen LogP contribution in [0, 0.1) is 0 Å². The third-order valence-electron chi connectivity index (χ3n) is 6.47. The average molecular weight is 462 g/mol. The van der Waals surface area contributed by atoms with Crippen LogP contribution in [0.2, 0.25) is 0 Å². The van der Waals surface area contributed by atoms with Gasteiger partial charge in [0.1, 0.15) is 22.9 Å². The number of carbonyl (C=O) groups is 1. The molecule has 176 valence electrons. The van der Waals surface area contributed by atoms with Crippen LogP contribution in [-0.2, 0) is 11.2 Å². The monoisotopic (exact) mass is 461 g/mol. The lowest BCUT2D eigenvalue weighted by atomic mass is 9.92. The van der Waals surface area contributed by atoms with Gasteiger partial charge in [0.25, 0.3) is 0 Å². The molecule has 1 amide bonds. The third-order valence-corrected chi connectivity index (χ3v) is 7.65. The Morgan fingerprint density at radius 1 is 1.25 bits per heavy atom. The molecule has 0 saturated heterocycles. The Labute approximate surface area is 194 Å². The molecule has 2 aromatic rings. The van der Waals surface area contributed by atoms with Crippen LogP contribution in [0.15, 0.2) is 6.33 Å². The first-order valence-electron chi connectivity index (χ1n) is 11.7. The van der Waals surface area contributed by atoms with E-state index in [-0.39, 0.29) is 24.3 Å². The van der Waals surface area contributed by atoms with Gasteiger partial charge >= 0.3 is 6.09 Å². The molecule has 32 heavy (non-hydrogen) atoms. The first kappa shape index (κ1) is 23.2. The number of ether oxygens (including phenoxy) is 2. The summed E-state index contributed by atoms with van der Waals surface area (Å²) in [5, 5.41) is 11.0. The van der Waals surface area contributed by atoms with Crippen molar-refractivity contribution in [1.29, 1.82) is 0 Å². The maximum Gasteiger partial charge on any atom is 0.410 e. The Kier molecular flexibility index (Phi) is 6.63. The molecule has 8 heteroatoms. The maximum absolute atomic E-state index is 12.4. The largest absolute Gasteiger partial charge is 0.474 e. The van der Waals surface area contributed by atoms with Gasteiger partial charge in [-0.25, -0.2) is 14.8 Å². The number of aryl methyl sites for hydroxylation is 1. The van der Waals surface area contributed by atoms with E-state index in [0.29, 0.717) is 11.8 Å². The number of carbonyl (C=O) groups excluding carboxylic acids is 1. The van der Waals surface area contributed by atoms with E-state index in [0.717, 1.165) is 55.2 Å². The van der Waals surface area contributed by atoms with E-state index in [1.807, 2.05) is 34.7 Å². The van der Waals surface area contributed by atoms with Crippen molar-refractivity contribution in [3.63, 3.8) is 0 Å². The van der Waals surface area contributed by atoms with Crippen molar-refractivity contribution < 1.29 is 19.4 Å². The van der Waals surface area contributed by atoms with Gasteiger partial charge in [0.05, 0.1) is 11.5 Å². The quantitative estimate of drug-likeness (QED) is 0.671. The molecule has 0 spiro atoms. The normalized spacial score (nSPS) is 24.2. The van der Waals surface area contributed by atoms with E-state index in [2.05, 4.69) is 9.97 Å². The van der Waals surface area contributed by atoms with Gasteiger partial charge in [-0.2, -0.15) is 0 Å². The highest BCUT2D eigenvalue weighted by molar-refractivity contribution is 7.19. The average Bonchev–Trinajstić information content (AvgIpc) is 3.26. The van der Waals surface area contributed by atoms with Crippen molar-refractivity contribution in [2.45, 2.75) is 102 Å². The Hall–Kier alpha value is -1.93. The molecular weight excluding hydrogens is 426 g/mol. The van der Waals surface area contributed by atoms with E-state index in [1.54, 1.807) is 22.6 Å². The summed E-state index contributed by atoms with van der Waals surface area (Å²) >= 11 is 1.73. The summed E-state index contributed by atoms with van der Waals surface area (Å²) in [4.78, 5) is 25.5. The topological polar surface area (TPSA) is 84.8 Å². The fourth-order valence-corrected chi connectivity index (χ4v) is 6.20. The van der Waals surface area contributed by atoms with Crippen LogP contribution >= 0.6 is 11.3 Å². The fraction of sp³-hybridized carbons (Fsp3) is 0.708. The van der Waals surface area contributed by atoms with E-state index in [4.69, 9.17) is 9.47 Å². The molecule has 0 aliphatic heterocycles. The Morgan fingerprint density at radius 3 is 2.62 bits per heavy atom. The van der Waals surface area contributed by atoms with Gasteiger partial charge in [-0.3, -0.25) is 0 Å². The smallest absolute Gasteiger partial charge is 0.410 e. The first-order chi connectivity index (χ1) is 15.1. The van der Waals surface area contributed by atoms with Crippen molar-refractivity contribution in [2.24, 2.45) is 0 Å². The third kappa shape index (κ3) is 5.01. The summed E-state index contributed by atoms with van der Waals surface area (Å²) in [5.41, 5.74) is 0.802. The molecule has 2 aliphatic carbocycles. The Balaban J connectivity index is 1.44. The standard InChI is InChI=1S/C24H35N3O4S/c1-14(28)12-15-6-11-18-19(15)20-21(25-13-26-22(20)32-18)30-17-9-7-16(8-10-17)27(5)23(29)31-24(2,3)4/h13-17,28H,6-12H2,1-5H3/t14-,15-,16?,17?/m1/s1. The van der Waals surface area contributed by atoms with Crippen molar-refractivity contribution >= 4 is 27.6 Å². The molecule has 7 nitrogen and oxygen atoms in total. The lowest BCUT2D eigenvalue weighted by Crippen LogP contribution is -2.43. The van der Waals surface area contributed by atoms with Gasteiger partial charge in [0, 0.05) is 18.0 Å². The number of rotatable bonds is 5. The zero-order valence-corrected chi connectivity index (χ0v) is 20.6. The van der Waals surface area contributed by atoms with Gasteiger partial charge in [-0.05, 0) is 84.1 Å². The molecule has 2 aliphatic rings. The molecule has 0 bridgehead atoms. The highest BCUT2D eigenvalue weighted by Crippen LogP contribution is 2.47. The van der Waals surface area contributed by atoms with E-state index < -0.39 is 5.60 Å². The SMILES string of the molecule is C[C@@H](O)C[C@H]1CCc2sc3ncnc(OC4CCC(N(C)C(=O)OC(C)(C)C)CC4)c3c21. The molecule has 0 aromatic carbocycles. The van der Waals surface area contributed by atoms with Crippen LogP contribution in [-0.4, -0.2) is 57.0 Å². The minimum Gasteiger partial charge on any atom is -0.474 e. The van der Waals surface area contributed by atoms with Crippen molar-refractivity contribution in [1.82, 2.24) is 14.9 Å². The summed E-state index contributed by atoms with van der Waals surface area (Å²) in [5.74, 6) is 1.01. The van der Waals surface area contributed by atoms with Gasteiger partial charge < -0.3 is 19.5 Å². The van der Waals surface area contributed by atoms with Crippen LogP contribution < -0.4 is 4.74 Å². The summed E-state index contributed by atoms with van der Waals surface area (Å²) in [6.45, 7) is 7.52. The second-order valence-electron chi connectivity index (χ2n) is 10.3. The van der Waals surface area contributed by atoms with Crippen LogP contribution in [0.4, 0.5) is 4.79 Å². The number of aliphatic hydroxyl groups is 1. The Bertz CT molecular complexity index is 960. The van der Waals surface area contributed by atoms with Crippen LogP contribution in [0.3, 0.4) is 0 Å². The summed E-state index contributed by atoms with van der Waals surface area (Å²) < 4.78 is 11.9. The number of fused-ring (bicyclic) bond motifs is 3. The Morgan fingerprint density at radius 2 is 1.97 bits per heavy atom. The minimum atomic E-state index is -0.490. The number of hydrogen-bond acceptors (Lipinski definition) is 7. The molecule has 1 N–H and O–H groups in total. The summed E-state index contributed by atoms with van der Waals surface area (Å²) in [6, 6.07) is 0.163. The minimum absolute atomic E-state index is 0.0727. The molecule has 4 rings (SSSR count). The summed E-state index contributed by atoms with van der Waals surface area (Å²) in [6.07, 6.45) is 7.42. The first-order valence-corrected chi connectivity index (χ1v) is 12.5. The van der Waals surface area contributed by atoms with Crippen LogP contribution in [0.1, 0.15) is 82.6 Å². The van der Waals surface area contributed by atoms with E-state index in [1.165, 1.54) is 10.4 Å². The number of hydrogen-bond donors (Lipinski definition) is 1. The molecule has 2 aromatic heterocycles. The van der Waals surface area contributed by atoms with Crippen molar-refractivity contribution in [3.8, 4) is 5.88 Å². The second-order valence-corrected chi connectivity index (χ2v) is 11.3. The van der Waals surface area contributed by atoms with Crippen LogP contribution in [0.5, 0.6) is 5.88 Å². The molecule has 0 radical (unpaired) electrons. The van der Waals surface area contributed by atoms with Crippen molar-refractivity contribution in [3.05, 3.63) is 16.8 Å². The van der Waals surface area contributed by atoms with E-state index in [9.17, 15) is 9.90 Å². The molecule has 2 atom stereocenters. The highest BCUT2D eigenvalue weighted by Gasteiger charge is 2.33. The lowest BCUT2D eigenvalue weighted by molar-refractivity contribution is 0.0137. The maximum atomic E-state index is 12.4. The van der Waals surface area contributed by atoms with Gasteiger partial charge in [0.15, 0.2) is 0 Å². The summed E-state index contributed by atoms with van der Waals surface area (Å²) in [7, 11) is 1.82. The zero-order valence-electron chi connectivity index (χ0n) is 19.8. The van der Waals surface area contributed by atoms with Crippen LogP contribution in [0.25, 0.3) is 10.2 Å². The number of amides is 1. The fourth-order valence-electron chi connectivity index (χ4n) is 4.97. The highest BCUT2D eigenvalue weighted by atomic mass is 32.1. The lowest BCUT2D eigenvalue weighted by Gasteiger charge is -2.35. The van der Waals surface area contributed by atoms with Gasteiger partial charge in [0.2, 0.25) is 5.88 Å². The van der Waals surface area contributed by atoms with Gasteiger partial charge in [-0.15, -0.1) is 11.3 Å². The molecule has 1 fully saturated rings. The number of thiophene rings is 1. The van der Waals surface area contributed by atoms with Gasteiger partial charge in [-0.1, -0.05) is 0 Å². The second kappa shape index (κ2) is 9.14. The zero-order chi connectivity index (χ0) is 23.0. The molecule has 2 heterocycles. The van der Waals surface area contributed by atoms with Crippen molar-refractivity contribution in [2.75, 3.05) is 7.05 Å². The molecule has 1 saturated carbocycles. The predicted molar refractivity (Wildman–Crippen MR) is 125 cm³/mol.